The molecule has 0 atom stereocenters. The number of carbonyl (C=O) groups excluding carboxylic acids is 4. The molecule has 5 N–H and O–H groups in total. The summed E-state index contributed by atoms with van der Waals surface area (Å²) >= 11 is 0. The first-order valence-electron chi connectivity index (χ1n) is 4.36. The summed E-state index contributed by atoms with van der Waals surface area (Å²) in [5.74, 6) is -2.91. The van der Waals surface area contributed by atoms with E-state index in [0.29, 0.717) is 0 Å². The van der Waals surface area contributed by atoms with Crippen LogP contribution in [0.1, 0.15) is 13.3 Å². The Morgan fingerprint density at radius 2 is 1.61 bits per heavy atom. The van der Waals surface area contributed by atoms with E-state index in [4.69, 9.17) is 10.8 Å². The van der Waals surface area contributed by atoms with E-state index in [1.807, 2.05) is 10.6 Å². The van der Waals surface area contributed by atoms with Crippen molar-refractivity contribution in [1.82, 2.24) is 10.6 Å². The number of nitrogens with two attached hydrogens (primary N) is 1. The zero-order valence-electron chi connectivity index (χ0n) is 8.85. The molecule has 4 amide bonds. The second-order valence-electron chi connectivity index (χ2n) is 3.06. The number of barbiturate groups is 1. The maximum absolute atomic E-state index is 10.5. The average Bonchev–Trinajstić information content (AvgIpc) is 2.12. The number of ketones is 1. The molecule has 96 valence electrons. The third kappa shape index (κ3) is 7.90. The van der Waals surface area contributed by atoms with E-state index in [1.165, 1.54) is 6.92 Å². The first-order chi connectivity index (χ1) is 7.73. The van der Waals surface area contributed by atoms with Gasteiger partial charge in [0.15, 0.2) is 6.04 Å². The van der Waals surface area contributed by atoms with Gasteiger partial charge in [0, 0.05) is 0 Å². The van der Waals surface area contributed by atoms with Gasteiger partial charge in [-0.05, 0) is 6.92 Å². The van der Waals surface area contributed by atoms with Crippen LogP contribution in [0, 0.1) is 0 Å². The predicted molar refractivity (Wildman–Crippen MR) is 59.7 cm³/mol. The van der Waals surface area contributed by atoms with Crippen LogP contribution >= 0.6 is 0 Å². The van der Waals surface area contributed by atoms with Crippen LogP contribution in [0.2, 0.25) is 0 Å². The van der Waals surface area contributed by atoms with Gasteiger partial charge in [0.25, 0.3) is 11.8 Å². The molecular weight excluding hydrogens is 257 g/mol. The molecule has 0 aromatic heterocycles. The number of carboxylic acid groups (broad SMARTS) is 1. The Labute approximate surface area is 124 Å². The van der Waals surface area contributed by atoms with Crippen molar-refractivity contribution >= 4 is 59.2 Å². The third-order valence-electron chi connectivity index (χ3n) is 1.44. The molecule has 0 aromatic rings. The van der Waals surface area contributed by atoms with E-state index in [2.05, 4.69) is 0 Å². The Kier molecular flexibility index (Phi) is 9.27. The van der Waals surface area contributed by atoms with Crippen LogP contribution in [0.3, 0.4) is 0 Å². The first-order valence-corrected chi connectivity index (χ1v) is 4.36. The van der Waals surface area contributed by atoms with Gasteiger partial charge in [0.1, 0.15) is 12.2 Å². The Hall–Kier alpha value is -1.29. The van der Waals surface area contributed by atoms with Gasteiger partial charge in [-0.2, -0.15) is 0 Å². The summed E-state index contributed by atoms with van der Waals surface area (Å²) < 4.78 is 0. The molecule has 1 rings (SSSR count). The van der Waals surface area contributed by atoms with Crippen LogP contribution in [0.5, 0.6) is 0 Å². The SMILES string of the molecule is CC(=O)CC(=O)O.NC1C(=O)NC(=O)NC1=O.[NaH]. The van der Waals surface area contributed by atoms with Crippen LogP contribution in [0.15, 0.2) is 0 Å². The topological polar surface area (TPSA) is 156 Å². The van der Waals surface area contributed by atoms with E-state index in [0.717, 1.165) is 0 Å². The Morgan fingerprint density at radius 3 is 1.83 bits per heavy atom. The van der Waals surface area contributed by atoms with Crippen LogP contribution in [-0.4, -0.2) is 70.3 Å². The normalized spacial score (nSPS) is 14.4. The number of rotatable bonds is 2. The Bertz CT molecular complexity index is 351. The minimum atomic E-state index is -1.27. The fraction of sp³-hybridized carbons (Fsp3) is 0.375. The van der Waals surface area contributed by atoms with Crippen molar-refractivity contribution < 1.29 is 29.1 Å². The van der Waals surface area contributed by atoms with Gasteiger partial charge in [-0.3, -0.25) is 29.8 Å². The molecule has 1 fully saturated rings. The molecule has 1 heterocycles. The minimum absolute atomic E-state index is 0. The molecule has 10 heteroatoms. The number of hydrogen-bond acceptors (Lipinski definition) is 6. The Balaban J connectivity index is 0. The summed E-state index contributed by atoms with van der Waals surface area (Å²) in [5, 5.41) is 11.5. The average molecular weight is 269 g/mol. The van der Waals surface area contributed by atoms with E-state index in [-0.39, 0.29) is 41.8 Å². The monoisotopic (exact) mass is 269 g/mol. The molecule has 0 unspecified atom stereocenters. The van der Waals surface area contributed by atoms with Crippen molar-refractivity contribution in [2.45, 2.75) is 19.4 Å². The summed E-state index contributed by atoms with van der Waals surface area (Å²) in [5.41, 5.74) is 5.01. The number of hydrogen-bond donors (Lipinski definition) is 4. The van der Waals surface area contributed by atoms with Crippen molar-refractivity contribution in [3.63, 3.8) is 0 Å². The van der Waals surface area contributed by atoms with Gasteiger partial charge in [-0.25, -0.2) is 4.79 Å². The number of carboxylic acids is 1. The summed E-state index contributed by atoms with van der Waals surface area (Å²) in [4.78, 5) is 50.8. The summed E-state index contributed by atoms with van der Waals surface area (Å²) in [6.45, 7) is 1.24. The third-order valence-corrected chi connectivity index (χ3v) is 1.44. The van der Waals surface area contributed by atoms with Crippen LogP contribution in [0.25, 0.3) is 0 Å². The van der Waals surface area contributed by atoms with Crippen molar-refractivity contribution in [2.24, 2.45) is 5.73 Å². The summed E-state index contributed by atoms with van der Waals surface area (Å²) in [7, 11) is 0. The summed E-state index contributed by atoms with van der Waals surface area (Å²) in [6.07, 6.45) is -0.361. The molecule has 0 saturated carbocycles. The molecule has 0 bridgehead atoms. The number of imide groups is 2. The predicted octanol–water partition coefficient (Wildman–Crippen LogP) is -2.92. The number of urea groups is 1. The second-order valence-corrected chi connectivity index (χ2v) is 3.06. The maximum atomic E-state index is 10.5. The number of amides is 4. The molecule has 0 radical (unpaired) electrons. The zero-order chi connectivity index (χ0) is 13.6. The van der Waals surface area contributed by atoms with Gasteiger partial charge in [-0.15, -0.1) is 0 Å². The van der Waals surface area contributed by atoms with Gasteiger partial charge < -0.3 is 10.8 Å². The van der Waals surface area contributed by atoms with Crippen molar-refractivity contribution in [3.8, 4) is 0 Å². The molecule has 9 nitrogen and oxygen atoms in total. The Morgan fingerprint density at radius 1 is 1.22 bits per heavy atom. The molecule has 0 aromatic carbocycles. The number of aliphatic carboxylic acids is 1. The van der Waals surface area contributed by atoms with Crippen LogP contribution in [-0.2, 0) is 19.2 Å². The van der Waals surface area contributed by atoms with Gasteiger partial charge >= 0.3 is 41.6 Å². The molecule has 0 aliphatic carbocycles. The zero-order valence-corrected chi connectivity index (χ0v) is 8.85. The van der Waals surface area contributed by atoms with E-state index in [1.54, 1.807) is 0 Å². The first kappa shape index (κ1) is 19.1. The van der Waals surface area contributed by atoms with Crippen molar-refractivity contribution in [1.29, 1.82) is 0 Å². The molecular formula is C8H12N3NaO6. The second kappa shape index (κ2) is 8.75. The van der Waals surface area contributed by atoms with Gasteiger partial charge in [0.2, 0.25) is 0 Å². The quantitative estimate of drug-likeness (QED) is 0.309. The molecule has 1 saturated heterocycles. The van der Waals surface area contributed by atoms with Crippen LogP contribution in [0.4, 0.5) is 4.79 Å². The van der Waals surface area contributed by atoms with Gasteiger partial charge in [-0.1, -0.05) is 0 Å². The molecule has 1 aliphatic rings. The van der Waals surface area contributed by atoms with E-state index >= 15 is 0 Å². The van der Waals surface area contributed by atoms with E-state index in [9.17, 15) is 24.0 Å². The standard InChI is InChI=1S/C4H5N3O3.C4H6O3.Na.H/c5-1-2(8)6-4(10)7-3(1)9;1-3(5)2-4(6)7;;/h1H,5H2,(H2,6,7,8,9,10);2H2,1H3,(H,6,7);;. The number of nitrogens with one attached hydrogen (secondary N) is 2. The summed E-state index contributed by atoms with van der Waals surface area (Å²) in [6, 6.07) is -2.09. The fourth-order valence-electron chi connectivity index (χ4n) is 0.743. The van der Waals surface area contributed by atoms with Crippen molar-refractivity contribution in [3.05, 3.63) is 0 Å². The number of Topliss-reactive ketones (excluding diaryl/α,β-unsaturated/α-hetero) is 1. The molecule has 18 heavy (non-hydrogen) atoms. The molecule has 0 spiro atoms. The molecule has 1 aliphatic heterocycles. The fourth-order valence-corrected chi connectivity index (χ4v) is 0.743. The van der Waals surface area contributed by atoms with Gasteiger partial charge in [0.05, 0.1) is 0 Å². The van der Waals surface area contributed by atoms with E-state index < -0.39 is 29.9 Å². The van der Waals surface area contributed by atoms with Crippen LogP contribution < -0.4 is 16.4 Å². The number of carbonyl (C=O) groups is 5. The van der Waals surface area contributed by atoms with Crippen molar-refractivity contribution in [2.75, 3.05) is 0 Å².